The normalized spacial score (nSPS) is 16.0. The van der Waals surface area contributed by atoms with Gasteiger partial charge in [-0.1, -0.05) is 36.4 Å². The molecule has 1 saturated heterocycles. The Kier molecular flexibility index (Phi) is 6.24. The van der Waals surface area contributed by atoms with Crippen LogP contribution in [0.25, 0.3) is 6.08 Å². The van der Waals surface area contributed by atoms with Gasteiger partial charge >= 0.3 is 5.97 Å². The number of piperidine rings is 1. The lowest BCUT2D eigenvalue weighted by molar-refractivity contribution is -0.140. The van der Waals surface area contributed by atoms with E-state index in [0.29, 0.717) is 24.2 Å². The number of carbonyl (C=O) groups is 1. The number of hydrogen-bond acceptors (Lipinski definition) is 5. The zero-order chi connectivity index (χ0) is 20.0. The first-order valence-corrected chi connectivity index (χ1v) is 10.4. The minimum atomic E-state index is -3.53. The third kappa shape index (κ3) is 5.06. The number of nitrogens with zero attached hydrogens (tertiary/aromatic N) is 2. The van der Waals surface area contributed by atoms with E-state index in [1.165, 1.54) is 15.8 Å². The monoisotopic (exact) mass is 396 g/mol. The van der Waals surface area contributed by atoms with Crippen LogP contribution in [0.4, 0.5) is 0 Å². The molecule has 0 N–H and O–H groups in total. The molecule has 0 aliphatic carbocycles. The smallest absolute Gasteiger partial charge is 0.314 e. The van der Waals surface area contributed by atoms with Crippen molar-refractivity contribution >= 4 is 22.1 Å². The van der Waals surface area contributed by atoms with E-state index in [0.717, 1.165) is 5.56 Å². The number of benzene rings is 2. The number of sulfonamides is 1. The molecule has 2 aromatic rings. The Morgan fingerprint density at radius 3 is 2.50 bits per heavy atom. The Hall–Kier alpha value is -2.95. The molecule has 1 fully saturated rings. The Bertz CT molecular complexity index is 1000. The fraction of sp³-hybridized carbons (Fsp3) is 0.238. The van der Waals surface area contributed by atoms with Gasteiger partial charge in [-0.15, -0.1) is 0 Å². The van der Waals surface area contributed by atoms with Crippen molar-refractivity contribution in [1.29, 1.82) is 5.26 Å². The molecule has 1 heterocycles. The molecule has 0 amide bonds. The van der Waals surface area contributed by atoms with E-state index in [-0.39, 0.29) is 19.0 Å². The average molecular weight is 396 g/mol. The standard InChI is InChI=1S/C21H20N2O4S/c22-16-18-7-4-8-20(15-18)27-21(24)19-9-12-23(13-10-19)28(25,26)14-11-17-5-2-1-3-6-17/h1-8,11,14-15,19H,9-10,12-13H2/b14-11+. The Labute approximate surface area is 164 Å². The third-order valence-corrected chi connectivity index (χ3v) is 6.13. The molecule has 6 nitrogen and oxygen atoms in total. The number of rotatable bonds is 5. The van der Waals surface area contributed by atoms with Crippen molar-refractivity contribution in [2.45, 2.75) is 12.8 Å². The molecule has 0 bridgehead atoms. The van der Waals surface area contributed by atoms with Crippen LogP contribution in [-0.4, -0.2) is 31.8 Å². The molecule has 3 rings (SSSR count). The molecule has 0 unspecified atom stereocenters. The van der Waals surface area contributed by atoms with Crippen LogP contribution >= 0.6 is 0 Å². The van der Waals surface area contributed by atoms with Crippen LogP contribution in [0.2, 0.25) is 0 Å². The SMILES string of the molecule is N#Cc1cccc(OC(=O)C2CCN(S(=O)(=O)/C=C/c3ccccc3)CC2)c1. The summed E-state index contributed by atoms with van der Waals surface area (Å²) < 4.78 is 31.7. The van der Waals surface area contributed by atoms with Gasteiger partial charge in [0, 0.05) is 18.5 Å². The molecular weight excluding hydrogens is 376 g/mol. The van der Waals surface area contributed by atoms with Gasteiger partial charge in [0.05, 0.1) is 17.6 Å². The highest BCUT2D eigenvalue weighted by atomic mass is 32.2. The molecule has 1 aliphatic rings. The van der Waals surface area contributed by atoms with Gasteiger partial charge < -0.3 is 4.74 Å². The molecule has 28 heavy (non-hydrogen) atoms. The van der Waals surface area contributed by atoms with Crippen molar-refractivity contribution in [1.82, 2.24) is 4.31 Å². The maximum Gasteiger partial charge on any atom is 0.314 e. The van der Waals surface area contributed by atoms with Crippen molar-refractivity contribution in [2.24, 2.45) is 5.92 Å². The fourth-order valence-electron chi connectivity index (χ4n) is 2.99. The van der Waals surface area contributed by atoms with Crippen LogP contribution in [0.1, 0.15) is 24.0 Å². The van der Waals surface area contributed by atoms with Gasteiger partial charge in [-0.3, -0.25) is 4.79 Å². The van der Waals surface area contributed by atoms with Gasteiger partial charge in [0.15, 0.2) is 0 Å². The van der Waals surface area contributed by atoms with Gasteiger partial charge in [-0.2, -0.15) is 9.57 Å². The molecule has 0 spiro atoms. The zero-order valence-electron chi connectivity index (χ0n) is 15.2. The van der Waals surface area contributed by atoms with Crippen molar-refractivity contribution < 1.29 is 17.9 Å². The highest BCUT2D eigenvalue weighted by Crippen LogP contribution is 2.23. The Morgan fingerprint density at radius 2 is 1.82 bits per heavy atom. The van der Waals surface area contributed by atoms with Gasteiger partial charge in [0.1, 0.15) is 5.75 Å². The van der Waals surface area contributed by atoms with Gasteiger partial charge in [0.25, 0.3) is 0 Å². The number of carbonyl (C=O) groups excluding carboxylic acids is 1. The topological polar surface area (TPSA) is 87.5 Å². The van der Waals surface area contributed by atoms with Crippen molar-refractivity contribution in [3.05, 3.63) is 71.1 Å². The van der Waals surface area contributed by atoms with E-state index in [1.54, 1.807) is 24.3 Å². The molecule has 1 aliphatic heterocycles. The van der Waals surface area contributed by atoms with E-state index in [4.69, 9.17) is 10.00 Å². The van der Waals surface area contributed by atoms with Crippen molar-refractivity contribution in [3.8, 4) is 11.8 Å². The molecule has 0 radical (unpaired) electrons. The van der Waals surface area contributed by atoms with Crippen molar-refractivity contribution in [2.75, 3.05) is 13.1 Å². The van der Waals surface area contributed by atoms with E-state index >= 15 is 0 Å². The molecule has 0 atom stereocenters. The zero-order valence-corrected chi connectivity index (χ0v) is 16.0. The van der Waals surface area contributed by atoms with Crippen LogP contribution in [0, 0.1) is 17.2 Å². The minimum Gasteiger partial charge on any atom is -0.426 e. The molecule has 144 valence electrons. The van der Waals surface area contributed by atoms with Crippen LogP contribution < -0.4 is 4.74 Å². The van der Waals surface area contributed by atoms with Gasteiger partial charge in [-0.05, 0) is 42.7 Å². The third-order valence-electron chi connectivity index (χ3n) is 4.56. The minimum absolute atomic E-state index is 0.263. The second-order valence-corrected chi connectivity index (χ2v) is 8.31. The fourth-order valence-corrected chi connectivity index (χ4v) is 4.21. The maximum atomic E-state index is 12.5. The summed E-state index contributed by atoms with van der Waals surface area (Å²) in [5.74, 6) is -0.438. The summed E-state index contributed by atoms with van der Waals surface area (Å²) in [6, 6.07) is 17.6. The quantitative estimate of drug-likeness (QED) is 0.572. The first-order chi connectivity index (χ1) is 13.5. The first-order valence-electron chi connectivity index (χ1n) is 8.93. The number of esters is 1. The molecule has 7 heteroatoms. The number of hydrogen-bond donors (Lipinski definition) is 0. The summed E-state index contributed by atoms with van der Waals surface area (Å²) in [6.07, 6.45) is 2.36. The maximum absolute atomic E-state index is 12.5. The number of nitriles is 1. The second-order valence-electron chi connectivity index (χ2n) is 6.49. The van der Waals surface area contributed by atoms with E-state index in [2.05, 4.69) is 0 Å². The van der Waals surface area contributed by atoms with Crippen LogP contribution in [0.5, 0.6) is 5.75 Å². The van der Waals surface area contributed by atoms with Crippen LogP contribution in [-0.2, 0) is 14.8 Å². The van der Waals surface area contributed by atoms with Gasteiger partial charge in [-0.25, -0.2) is 8.42 Å². The molecule has 2 aromatic carbocycles. The second kappa shape index (κ2) is 8.83. The number of ether oxygens (including phenoxy) is 1. The highest BCUT2D eigenvalue weighted by Gasteiger charge is 2.31. The van der Waals surface area contributed by atoms with Crippen molar-refractivity contribution in [3.63, 3.8) is 0 Å². The lowest BCUT2D eigenvalue weighted by atomic mass is 9.98. The highest BCUT2D eigenvalue weighted by molar-refractivity contribution is 7.92. The first kappa shape index (κ1) is 19.8. The predicted molar refractivity (Wildman–Crippen MR) is 105 cm³/mol. The predicted octanol–water partition coefficient (Wildman–Crippen LogP) is 3.18. The summed E-state index contributed by atoms with van der Waals surface area (Å²) in [6.45, 7) is 0.527. The van der Waals surface area contributed by atoms with Crippen LogP contribution in [0.15, 0.2) is 60.0 Å². The summed E-state index contributed by atoms with van der Waals surface area (Å²) in [5.41, 5.74) is 1.22. The lowest BCUT2D eigenvalue weighted by Gasteiger charge is -2.29. The summed E-state index contributed by atoms with van der Waals surface area (Å²) >= 11 is 0. The summed E-state index contributed by atoms with van der Waals surface area (Å²) in [5, 5.41) is 10.1. The largest absolute Gasteiger partial charge is 0.426 e. The van der Waals surface area contributed by atoms with Crippen LogP contribution in [0.3, 0.4) is 0 Å². The molecule has 0 saturated carbocycles. The molecular formula is C21H20N2O4S. The summed E-state index contributed by atoms with van der Waals surface area (Å²) in [4.78, 5) is 12.3. The molecule has 0 aromatic heterocycles. The van der Waals surface area contributed by atoms with E-state index in [1.807, 2.05) is 36.4 Å². The van der Waals surface area contributed by atoms with E-state index < -0.39 is 16.0 Å². The average Bonchev–Trinajstić information content (AvgIpc) is 2.73. The van der Waals surface area contributed by atoms with Gasteiger partial charge in [0.2, 0.25) is 10.0 Å². The Balaban J connectivity index is 1.56. The van der Waals surface area contributed by atoms with E-state index in [9.17, 15) is 13.2 Å². The Morgan fingerprint density at radius 1 is 1.11 bits per heavy atom. The summed E-state index contributed by atoms with van der Waals surface area (Å²) in [7, 11) is -3.53. The lowest BCUT2D eigenvalue weighted by Crippen LogP contribution is -2.40.